The lowest BCUT2D eigenvalue weighted by Crippen LogP contribution is -2.68. The van der Waals surface area contributed by atoms with E-state index in [1.54, 1.807) is 12.1 Å². The Morgan fingerprint density at radius 1 is 1.16 bits per heavy atom. The fraction of sp³-hybridized carbons (Fsp3) is 0.458. The predicted molar refractivity (Wildman–Crippen MR) is 136 cm³/mol. The zero-order valence-corrected chi connectivity index (χ0v) is 20.7. The zero-order chi connectivity index (χ0) is 25.6. The molecule has 0 amide bonds. The van der Waals surface area contributed by atoms with Gasteiger partial charge in [-0.15, -0.1) is 5.10 Å². The minimum Gasteiger partial charge on any atom is -0.394 e. The summed E-state index contributed by atoms with van der Waals surface area (Å²) in [5.74, 6) is 0.760. The highest BCUT2D eigenvalue weighted by atomic mass is 35.5. The number of nitrogens with zero attached hydrogens (tertiary/aromatic N) is 8. The van der Waals surface area contributed by atoms with Gasteiger partial charge in [0, 0.05) is 32.2 Å². The molecule has 2 aliphatic heterocycles. The fourth-order valence-electron chi connectivity index (χ4n) is 4.78. The van der Waals surface area contributed by atoms with Gasteiger partial charge in [-0.2, -0.15) is 20.0 Å². The van der Waals surface area contributed by atoms with Crippen molar-refractivity contribution in [3.8, 4) is 12.1 Å². The molecule has 12 nitrogen and oxygen atoms in total. The van der Waals surface area contributed by atoms with Crippen LogP contribution < -0.4 is 15.5 Å². The van der Waals surface area contributed by atoms with Gasteiger partial charge in [-0.25, -0.2) is 4.98 Å². The summed E-state index contributed by atoms with van der Waals surface area (Å²) >= 11 is 6.87. The Labute approximate surface area is 218 Å². The zero-order valence-electron chi connectivity index (χ0n) is 20.0. The highest BCUT2D eigenvalue weighted by Crippen LogP contribution is 2.37. The second kappa shape index (κ2) is 9.32. The van der Waals surface area contributed by atoms with Crippen LogP contribution >= 0.6 is 11.6 Å². The van der Waals surface area contributed by atoms with Gasteiger partial charge in [0.2, 0.25) is 5.95 Å². The molecule has 4 heterocycles. The highest BCUT2D eigenvalue weighted by molar-refractivity contribution is 6.36. The number of nitriles is 2. The molecule has 3 aliphatic rings. The Bertz CT molecular complexity index is 1420. The molecule has 190 valence electrons. The molecule has 6 rings (SSSR count). The van der Waals surface area contributed by atoms with E-state index in [4.69, 9.17) is 16.3 Å². The summed E-state index contributed by atoms with van der Waals surface area (Å²) in [5, 5.41) is 40.5. The maximum atomic E-state index is 9.88. The highest BCUT2D eigenvalue weighted by Gasteiger charge is 2.44. The van der Waals surface area contributed by atoms with Gasteiger partial charge in [0.1, 0.15) is 6.07 Å². The first kappa shape index (κ1) is 23.7. The van der Waals surface area contributed by atoms with E-state index in [1.807, 2.05) is 0 Å². The summed E-state index contributed by atoms with van der Waals surface area (Å²) in [7, 11) is 0. The van der Waals surface area contributed by atoms with Crippen LogP contribution in [0.2, 0.25) is 5.02 Å². The van der Waals surface area contributed by atoms with Crippen LogP contribution in [0.1, 0.15) is 24.1 Å². The number of imidazole rings is 1. The van der Waals surface area contributed by atoms with Crippen molar-refractivity contribution < 1.29 is 9.84 Å². The van der Waals surface area contributed by atoms with Crippen LogP contribution in [0, 0.1) is 22.7 Å². The molecule has 1 aromatic carbocycles. The van der Waals surface area contributed by atoms with Crippen molar-refractivity contribution in [1.29, 1.82) is 10.5 Å². The number of ether oxygens (including phenoxy) is 1. The number of aromatic nitrogens is 4. The minimum absolute atomic E-state index is 0.0676. The van der Waals surface area contributed by atoms with E-state index < -0.39 is 0 Å². The molecule has 3 fully saturated rings. The van der Waals surface area contributed by atoms with Crippen molar-refractivity contribution in [2.24, 2.45) is 0 Å². The Morgan fingerprint density at radius 2 is 1.95 bits per heavy atom. The quantitative estimate of drug-likeness (QED) is 0.417. The first-order chi connectivity index (χ1) is 18.0. The molecule has 0 radical (unpaired) electrons. The van der Waals surface area contributed by atoms with Gasteiger partial charge >= 0.3 is 0 Å². The van der Waals surface area contributed by atoms with Gasteiger partial charge in [-0.1, -0.05) is 11.6 Å². The summed E-state index contributed by atoms with van der Waals surface area (Å²) < 4.78 is 6.81. The van der Waals surface area contributed by atoms with Crippen molar-refractivity contribution in [1.82, 2.24) is 24.5 Å². The number of aliphatic hydroxyl groups is 1. The molecule has 37 heavy (non-hydrogen) atoms. The third-order valence-electron chi connectivity index (χ3n) is 7.15. The predicted octanol–water partition coefficient (Wildman–Crippen LogP) is 1.72. The van der Waals surface area contributed by atoms with Gasteiger partial charge in [0.05, 0.1) is 59.6 Å². The van der Waals surface area contributed by atoms with Crippen molar-refractivity contribution in [3.63, 3.8) is 0 Å². The van der Waals surface area contributed by atoms with Crippen LogP contribution in [0.15, 0.2) is 18.3 Å². The number of aliphatic hydroxyl groups excluding tert-OH is 1. The number of halogens is 1. The van der Waals surface area contributed by atoms with Gasteiger partial charge in [0.25, 0.3) is 0 Å². The molecule has 0 bridgehead atoms. The van der Waals surface area contributed by atoms with Crippen LogP contribution in [-0.4, -0.2) is 87.2 Å². The molecule has 2 saturated heterocycles. The van der Waals surface area contributed by atoms with Gasteiger partial charge in [-0.05, 0) is 25.0 Å². The smallest absolute Gasteiger partial charge is 0.247 e. The summed E-state index contributed by atoms with van der Waals surface area (Å²) in [5.41, 5.74) is 2.14. The van der Waals surface area contributed by atoms with Crippen LogP contribution in [-0.2, 0) is 4.74 Å². The lowest BCUT2D eigenvalue weighted by atomic mass is 9.95. The minimum atomic E-state index is -0.297. The Hall–Kier alpha value is -3.68. The molecule has 0 unspecified atom stereocenters. The van der Waals surface area contributed by atoms with Gasteiger partial charge in [0.15, 0.2) is 17.2 Å². The molecule has 0 spiro atoms. The Balaban J connectivity index is 1.29. The maximum Gasteiger partial charge on any atom is 0.247 e. The van der Waals surface area contributed by atoms with Crippen molar-refractivity contribution in [2.75, 3.05) is 61.5 Å². The maximum absolute atomic E-state index is 9.88. The summed E-state index contributed by atoms with van der Waals surface area (Å²) in [6, 6.07) is 8.08. The van der Waals surface area contributed by atoms with E-state index in [-0.39, 0.29) is 23.8 Å². The second-order valence-corrected chi connectivity index (χ2v) is 10.0. The van der Waals surface area contributed by atoms with Crippen LogP contribution in [0.4, 0.5) is 23.1 Å². The van der Waals surface area contributed by atoms with Crippen LogP contribution in [0.3, 0.4) is 0 Å². The summed E-state index contributed by atoms with van der Waals surface area (Å²) in [4.78, 5) is 13.3. The molecular weight excluding hydrogens is 496 g/mol. The summed E-state index contributed by atoms with van der Waals surface area (Å²) in [6.07, 6.45) is 3.55. The molecule has 0 atom stereocenters. The van der Waals surface area contributed by atoms with Crippen molar-refractivity contribution in [2.45, 2.75) is 24.4 Å². The standard InChI is InChI=1S/C24H25ClN10O2/c25-20-18(30-23-31-21(29-16-1-2-16)22-28-11-17(10-27)35(22)32-23)7-15(9-26)8-19(20)33-3-5-34(6-4-33)24(12-36)13-37-14-24/h7-8,11,16,36H,1-6,12-14H2,(H2,29,30,31,32). The van der Waals surface area contributed by atoms with Crippen LogP contribution in [0.5, 0.6) is 0 Å². The van der Waals surface area contributed by atoms with Gasteiger partial charge < -0.3 is 25.4 Å². The largest absolute Gasteiger partial charge is 0.394 e. The number of fused-ring (bicyclic) bond motifs is 1. The molecular formula is C24H25ClN10O2. The molecule has 13 heteroatoms. The molecule has 1 saturated carbocycles. The van der Waals surface area contributed by atoms with E-state index in [0.717, 1.165) is 31.6 Å². The van der Waals surface area contributed by atoms with Crippen molar-refractivity contribution in [3.05, 3.63) is 34.6 Å². The number of nitrogens with one attached hydrogen (secondary N) is 2. The van der Waals surface area contributed by atoms with E-state index in [9.17, 15) is 15.6 Å². The molecule has 3 N–H and O–H groups in total. The third kappa shape index (κ3) is 4.28. The Kier molecular flexibility index (Phi) is 5.97. The van der Waals surface area contributed by atoms with Crippen LogP contribution in [0.25, 0.3) is 5.65 Å². The average molecular weight is 521 g/mol. The molecule has 3 aromatic rings. The molecule has 1 aliphatic carbocycles. The average Bonchev–Trinajstić information content (AvgIpc) is 3.61. The number of hydrogen-bond donors (Lipinski definition) is 3. The first-order valence-corrected chi connectivity index (χ1v) is 12.5. The van der Waals surface area contributed by atoms with E-state index in [1.165, 1.54) is 10.7 Å². The van der Waals surface area contributed by atoms with E-state index in [2.05, 4.69) is 47.6 Å². The monoisotopic (exact) mass is 520 g/mol. The number of benzene rings is 1. The number of piperazine rings is 1. The normalized spacial score (nSPS) is 19.2. The van der Waals surface area contributed by atoms with E-state index >= 15 is 0 Å². The SMILES string of the molecule is N#Cc1cc(Nc2nc(NC3CC3)c3ncc(C#N)n3n2)c(Cl)c(N2CCN(C3(CO)COC3)CC2)c1. The first-order valence-electron chi connectivity index (χ1n) is 12.2. The third-order valence-corrected chi connectivity index (χ3v) is 7.55. The Morgan fingerprint density at radius 3 is 2.57 bits per heavy atom. The summed E-state index contributed by atoms with van der Waals surface area (Å²) in [6.45, 7) is 4.00. The number of hydrogen-bond acceptors (Lipinski definition) is 11. The second-order valence-electron chi connectivity index (χ2n) is 9.64. The number of anilines is 4. The van der Waals surface area contributed by atoms with Gasteiger partial charge in [-0.3, -0.25) is 4.90 Å². The lowest BCUT2D eigenvalue weighted by Gasteiger charge is -2.51. The topological polar surface area (TPSA) is 151 Å². The lowest BCUT2D eigenvalue weighted by molar-refractivity contribution is -0.161. The molecule has 2 aromatic heterocycles. The van der Waals surface area contributed by atoms with Crippen molar-refractivity contribution >= 4 is 40.4 Å². The number of rotatable bonds is 7. The van der Waals surface area contributed by atoms with E-state index in [0.29, 0.717) is 60.1 Å². The fourth-order valence-corrected chi connectivity index (χ4v) is 5.05.